The van der Waals surface area contributed by atoms with E-state index >= 15 is 0 Å². The van der Waals surface area contributed by atoms with Gasteiger partial charge in [0.15, 0.2) is 0 Å². The maximum atomic E-state index is 14.9. The van der Waals surface area contributed by atoms with Crippen molar-refractivity contribution in [2.45, 2.75) is 31.3 Å². The Bertz CT molecular complexity index is 1630. The zero-order chi connectivity index (χ0) is 26.1. The number of halogens is 3. The Morgan fingerprint density at radius 2 is 1.89 bits per heavy atom. The van der Waals surface area contributed by atoms with Crippen LogP contribution in [-0.4, -0.2) is 35.4 Å². The lowest BCUT2D eigenvalue weighted by Gasteiger charge is -2.21. The molecule has 0 saturated carbocycles. The molecular formula is C27H23F3N3O3P. The minimum atomic E-state index is -3.03. The molecule has 1 N–H and O–H groups in total. The summed E-state index contributed by atoms with van der Waals surface area (Å²) in [6.45, 7) is 0.226. The molecule has 3 heterocycles. The smallest absolute Gasteiger partial charge is 0.387 e. The summed E-state index contributed by atoms with van der Waals surface area (Å²) >= 11 is 0. The van der Waals surface area contributed by atoms with E-state index in [2.05, 4.69) is 5.32 Å². The molecule has 2 bridgehead atoms. The fourth-order valence-electron chi connectivity index (χ4n) is 5.45. The standard InChI is InChI=1S/C27H23F3N3O3P/c1-37(2,35)13-16-7-6-14(10-18(16)28)15-8-9-19-21(11-15)33-22-12-20(25(33)31-19)32-26(34)17-4-3-5-23(24(17)22)36-27(29)30/h3-11,20,22,27H,12-13H2,1-2H3,(H,32,34)/t20-,22-/m1/s1. The Labute approximate surface area is 210 Å². The Morgan fingerprint density at radius 3 is 2.62 bits per heavy atom. The van der Waals surface area contributed by atoms with Gasteiger partial charge in [-0.15, -0.1) is 0 Å². The summed E-state index contributed by atoms with van der Waals surface area (Å²) in [7, 11) is -2.43. The molecule has 2 atom stereocenters. The van der Waals surface area contributed by atoms with Gasteiger partial charge >= 0.3 is 6.61 Å². The SMILES string of the molecule is CP(C)(=O)Cc1ccc(-c2ccc3nc4n(c3c2)[C@@H]2C[C@H]4NC(=O)c3cccc(OC(F)F)c32)cc1F. The van der Waals surface area contributed by atoms with Crippen LogP contribution in [0.1, 0.15) is 45.8 Å². The first-order valence-corrected chi connectivity index (χ1v) is 14.6. The van der Waals surface area contributed by atoms with E-state index in [0.717, 1.165) is 11.1 Å². The fourth-order valence-corrected chi connectivity index (χ4v) is 6.53. The van der Waals surface area contributed by atoms with E-state index in [1.807, 2.05) is 22.8 Å². The highest BCUT2D eigenvalue weighted by Gasteiger charge is 2.42. The third-order valence-electron chi connectivity index (χ3n) is 6.90. The number of carbonyl (C=O) groups excluding carboxylic acids is 1. The summed E-state index contributed by atoms with van der Waals surface area (Å²) in [6.07, 6.45) is 0.633. The van der Waals surface area contributed by atoms with Crippen molar-refractivity contribution in [3.63, 3.8) is 0 Å². The van der Waals surface area contributed by atoms with Gasteiger partial charge in [0.2, 0.25) is 0 Å². The van der Waals surface area contributed by atoms with Crippen molar-refractivity contribution in [2.75, 3.05) is 13.3 Å². The third-order valence-corrected chi connectivity index (χ3v) is 8.00. The molecule has 0 saturated heterocycles. The molecule has 3 aromatic carbocycles. The molecule has 6 rings (SSSR count). The number of rotatable bonds is 5. The molecular weight excluding hydrogens is 502 g/mol. The Kier molecular flexibility index (Phi) is 5.46. The number of benzene rings is 3. The van der Waals surface area contributed by atoms with E-state index in [9.17, 15) is 22.5 Å². The Morgan fingerprint density at radius 1 is 1.14 bits per heavy atom. The molecule has 1 aromatic heterocycles. The van der Waals surface area contributed by atoms with E-state index in [0.29, 0.717) is 34.5 Å². The summed E-state index contributed by atoms with van der Waals surface area (Å²) in [5.41, 5.74) is 3.90. The molecule has 0 fully saturated rings. The molecule has 190 valence electrons. The Hall–Kier alpha value is -3.58. The van der Waals surface area contributed by atoms with Crippen LogP contribution < -0.4 is 10.1 Å². The summed E-state index contributed by atoms with van der Waals surface area (Å²) in [6, 6.07) is 14.2. The van der Waals surface area contributed by atoms with E-state index in [-0.39, 0.29) is 23.4 Å². The fraction of sp³-hybridized carbons (Fsp3) is 0.259. The van der Waals surface area contributed by atoms with Crippen molar-refractivity contribution in [3.8, 4) is 16.9 Å². The van der Waals surface area contributed by atoms with Crippen LogP contribution >= 0.6 is 7.14 Å². The van der Waals surface area contributed by atoms with Crippen LogP contribution in [0.25, 0.3) is 22.2 Å². The number of imidazole rings is 1. The maximum absolute atomic E-state index is 14.9. The van der Waals surface area contributed by atoms with Gasteiger partial charge in [0.05, 0.1) is 30.3 Å². The molecule has 0 spiro atoms. The predicted molar refractivity (Wildman–Crippen MR) is 134 cm³/mol. The van der Waals surface area contributed by atoms with Crippen LogP contribution in [0.5, 0.6) is 5.75 Å². The summed E-state index contributed by atoms with van der Waals surface area (Å²) in [4.78, 5) is 17.6. The summed E-state index contributed by atoms with van der Waals surface area (Å²) < 4.78 is 60.2. The monoisotopic (exact) mass is 525 g/mol. The molecule has 6 nitrogen and oxygen atoms in total. The van der Waals surface area contributed by atoms with E-state index < -0.39 is 31.7 Å². The first kappa shape index (κ1) is 23.8. The highest BCUT2D eigenvalue weighted by molar-refractivity contribution is 7.61. The van der Waals surface area contributed by atoms with Crippen molar-refractivity contribution in [1.82, 2.24) is 14.9 Å². The van der Waals surface area contributed by atoms with Crippen molar-refractivity contribution in [2.24, 2.45) is 0 Å². The first-order chi connectivity index (χ1) is 17.6. The first-order valence-electron chi connectivity index (χ1n) is 11.8. The van der Waals surface area contributed by atoms with Gasteiger partial charge in [-0.2, -0.15) is 8.78 Å². The number of carbonyl (C=O) groups is 1. The average Bonchev–Trinajstić information content (AvgIpc) is 3.31. The third kappa shape index (κ3) is 4.11. The van der Waals surface area contributed by atoms with Gasteiger partial charge in [-0.3, -0.25) is 4.79 Å². The number of hydrogen-bond donors (Lipinski definition) is 1. The molecule has 4 aromatic rings. The lowest BCUT2D eigenvalue weighted by Crippen LogP contribution is -2.28. The van der Waals surface area contributed by atoms with Crippen LogP contribution in [0.2, 0.25) is 0 Å². The second-order valence-electron chi connectivity index (χ2n) is 9.96. The van der Waals surface area contributed by atoms with Crippen LogP contribution in [0.3, 0.4) is 0 Å². The van der Waals surface area contributed by atoms with E-state index in [4.69, 9.17) is 9.72 Å². The zero-order valence-corrected chi connectivity index (χ0v) is 20.9. The number of aromatic nitrogens is 2. The normalized spacial score (nSPS) is 18.5. The molecule has 0 unspecified atom stereocenters. The zero-order valence-electron chi connectivity index (χ0n) is 20.0. The quantitative estimate of drug-likeness (QED) is 0.309. The topological polar surface area (TPSA) is 73.2 Å². The summed E-state index contributed by atoms with van der Waals surface area (Å²) in [5.74, 6) is -0.189. The van der Waals surface area contributed by atoms with Crippen molar-refractivity contribution >= 4 is 24.1 Å². The molecule has 0 radical (unpaired) electrons. The number of alkyl halides is 2. The second-order valence-corrected chi connectivity index (χ2v) is 13.4. The molecule has 2 aliphatic heterocycles. The second kappa shape index (κ2) is 8.48. The number of nitrogens with zero attached hydrogens (tertiary/aromatic N) is 2. The molecule has 0 aliphatic carbocycles. The average molecular weight is 525 g/mol. The lowest BCUT2D eigenvalue weighted by molar-refractivity contribution is -0.0507. The van der Waals surface area contributed by atoms with Crippen molar-refractivity contribution < 1.29 is 27.3 Å². The highest BCUT2D eigenvalue weighted by atomic mass is 31.2. The largest absolute Gasteiger partial charge is 0.434 e. The predicted octanol–water partition coefficient (Wildman–Crippen LogP) is 6.34. The number of hydrogen-bond acceptors (Lipinski definition) is 4. The van der Waals surface area contributed by atoms with Crippen molar-refractivity contribution in [3.05, 3.63) is 82.9 Å². The Balaban J connectivity index is 1.48. The van der Waals surface area contributed by atoms with E-state index in [1.54, 1.807) is 31.5 Å². The summed E-state index contributed by atoms with van der Waals surface area (Å²) in [5, 5.41) is 2.96. The van der Waals surface area contributed by atoms with Gasteiger partial charge in [-0.1, -0.05) is 24.3 Å². The number of nitrogens with one attached hydrogen (secondary N) is 1. The molecule has 2 aliphatic rings. The molecule has 10 heteroatoms. The van der Waals surface area contributed by atoms with Gasteiger partial charge in [0.1, 0.15) is 17.4 Å². The van der Waals surface area contributed by atoms with Crippen LogP contribution in [-0.2, 0) is 10.7 Å². The number of ether oxygens (including phenoxy) is 1. The van der Waals surface area contributed by atoms with Gasteiger partial charge in [0.25, 0.3) is 5.91 Å². The van der Waals surface area contributed by atoms with Gasteiger partial charge in [-0.05, 0) is 66.8 Å². The van der Waals surface area contributed by atoms with E-state index in [1.165, 1.54) is 18.2 Å². The van der Waals surface area contributed by atoms with Crippen LogP contribution in [0, 0.1) is 5.82 Å². The minimum Gasteiger partial charge on any atom is -0.434 e. The van der Waals surface area contributed by atoms with Gasteiger partial charge in [-0.25, -0.2) is 9.37 Å². The van der Waals surface area contributed by atoms with Crippen molar-refractivity contribution in [1.29, 1.82) is 0 Å². The van der Waals surface area contributed by atoms with Gasteiger partial charge in [0, 0.05) is 17.3 Å². The maximum Gasteiger partial charge on any atom is 0.387 e. The van der Waals surface area contributed by atoms with Crippen LogP contribution in [0.4, 0.5) is 13.2 Å². The molecule has 37 heavy (non-hydrogen) atoms. The lowest BCUT2D eigenvalue weighted by atomic mass is 9.97. The minimum absolute atomic E-state index is 0.0408. The van der Waals surface area contributed by atoms with Crippen LogP contribution in [0.15, 0.2) is 54.6 Å². The number of amides is 1. The van der Waals surface area contributed by atoms with Gasteiger partial charge < -0.3 is 19.2 Å². The highest BCUT2D eigenvalue weighted by Crippen LogP contribution is 2.48. The number of fused-ring (bicyclic) bond motifs is 9. The molecule has 1 amide bonds.